The van der Waals surface area contributed by atoms with Crippen molar-refractivity contribution in [1.29, 1.82) is 0 Å². The molecule has 2 aromatic rings. The number of hydrogen-bond acceptors (Lipinski definition) is 2. The predicted octanol–water partition coefficient (Wildman–Crippen LogP) is 4.40. The van der Waals surface area contributed by atoms with E-state index >= 15 is 0 Å². The minimum absolute atomic E-state index is 0.00955. The fraction of sp³-hybridized carbons (Fsp3) is 0.294. The van der Waals surface area contributed by atoms with Crippen LogP contribution in [0, 0.1) is 6.92 Å². The van der Waals surface area contributed by atoms with Gasteiger partial charge in [0.15, 0.2) is 0 Å². The summed E-state index contributed by atoms with van der Waals surface area (Å²) in [5, 5.41) is 0. The van der Waals surface area contributed by atoms with Gasteiger partial charge in [-0.1, -0.05) is 35.9 Å². The summed E-state index contributed by atoms with van der Waals surface area (Å²) >= 11 is 3.53. The summed E-state index contributed by atoms with van der Waals surface area (Å²) in [6, 6.07) is 14.6. The molecule has 0 amide bonds. The van der Waals surface area contributed by atoms with E-state index in [0.29, 0.717) is 6.61 Å². The second-order valence-electron chi connectivity index (χ2n) is 4.92. The van der Waals surface area contributed by atoms with Crippen molar-refractivity contribution in [2.45, 2.75) is 26.3 Å². The number of benzene rings is 2. The van der Waals surface area contributed by atoms with Crippen molar-refractivity contribution in [2.75, 3.05) is 6.61 Å². The number of halogens is 1. The van der Waals surface area contributed by atoms with Crippen molar-refractivity contribution in [2.24, 2.45) is 5.73 Å². The molecule has 20 heavy (non-hydrogen) atoms. The first-order chi connectivity index (χ1) is 9.60. The largest absolute Gasteiger partial charge is 0.493 e. The lowest BCUT2D eigenvalue weighted by molar-refractivity contribution is 0.338. The van der Waals surface area contributed by atoms with Gasteiger partial charge in [-0.25, -0.2) is 0 Å². The molecule has 0 saturated carbocycles. The van der Waals surface area contributed by atoms with E-state index in [2.05, 4.69) is 47.1 Å². The number of ether oxygens (including phenoxy) is 1. The van der Waals surface area contributed by atoms with Crippen molar-refractivity contribution in [3.8, 4) is 5.75 Å². The molecule has 0 aromatic heterocycles. The number of nitrogens with two attached hydrogens (primary N) is 1. The third-order valence-corrected chi connectivity index (χ3v) is 3.88. The third kappa shape index (κ3) is 3.84. The Hall–Kier alpha value is -1.32. The lowest BCUT2D eigenvalue weighted by Crippen LogP contribution is -2.13. The highest BCUT2D eigenvalue weighted by atomic mass is 79.9. The van der Waals surface area contributed by atoms with Gasteiger partial charge in [0.2, 0.25) is 0 Å². The average molecular weight is 334 g/mol. The molecule has 106 valence electrons. The van der Waals surface area contributed by atoms with Gasteiger partial charge in [0, 0.05) is 6.04 Å². The molecular weight excluding hydrogens is 314 g/mol. The topological polar surface area (TPSA) is 35.2 Å². The van der Waals surface area contributed by atoms with Gasteiger partial charge < -0.3 is 10.5 Å². The van der Waals surface area contributed by atoms with Crippen LogP contribution in [0.15, 0.2) is 46.9 Å². The molecule has 0 bridgehead atoms. The Morgan fingerprint density at radius 2 is 1.85 bits per heavy atom. The van der Waals surface area contributed by atoms with E-state index in [4.69, 9.17) is 10.5 Å². The monoisotopic (exact) mass is 333 g/mol. The molecule has 0 fully saturated rings. The molecule has 2 aromatic carbocycles. The highest BCUT2D eigenvalue weighted by Crippen LogP contribution is 2.28. The molecule has 0 aliphatic carbocycles. The summed E-state index contributed by atoms with van der Waals surface area (Å²) in [6.45, 7) is 4.73. The lowest BCUT2D eigenvalue weighted by atomic mass is 9.99. The van der Waals surface area contributed by atoms with Crippen LogP contribution >= 0.6 is 15.9 Å². The first-order valence-corrected chi connectivity index (χ1v) is 7.63. The van der Waals surface area contributed by atoms with Gasteiger partial charge in [-0.3, -0.25) is 0 Å². The molecular formula is C17H20BrNO. The van der Waals surface area contributed by atoms with Crippen LogP contribution < -0.4 is 10.5 Å². The van der Waals surface area contributed by atoms with Crippen molar-refractivity contribution < 1.29 is 4.74 Å². The molecule has 0 radical (unpaired) electrons. The van der Waals surface area contributed by atoms with E-state index in [-0.39, 0.29) is 6.04 Å². The second kappa shape index (κ2) is 6.91. The maximum atomic E-state index is 6.30. The van der Waals surface area contributed by atoms with Crippen LogP contribution in [-0.2, 0) is 6.42 Å². The fourth-order valence-electron chi connectivity index (χ4n) is 2.12. The zero-order chi connectivity index (χ0) is 14.5. The molecule has 2 N–H and O–H groups in total. The van der Waals surface area contributed by atoms with Crippen LogP contribution in [0.3, 0.4) is 0 Å². The molecule has 0 aliphatic heterocycles. The average Bonchev–Trinajstić information content (AvgIpc) is 2.44. The van der Waals surface area contributed by atoms with Gasteiger partial charge in [-0.15, -0.1) is 0 Å². The molecule has 1 atom stereocenters. The highest BCUT2D eigenvalue weighted by Gasteiger charge is 2.10. The summed E-state index contributed by atoms with van der Waals surface area (Å²) in [4.78, 5) is 0. The molecule has 0 heterocycles. The van der Waals surface area contributed by atoms with Gasteiger partial charge in [0.25, 0.3) is 0 Å². The van der Waals surface area contributed by atoms with Crippen LogP contribution in [0.1, 0.15) is 29.7 Å². The van der Waals surface area contributed by atoms with E-state index in [1.54, 1.807) is 0 Å². The van der Waals surface area contributed by atoms with E-state index in [0.717, 1.165) is 22.2 Å². The quantitative estimate of drug-likeness (QED) is 0.880. The third-order valence-electron chi connectivity index (χ3n) is 3.26. The first kappa shape index (κ1) is 15.1. The number of hydrogen-bond donors (Lipinski definition) is 1. The molecule has 3 heteroatoms. The van der Waals surface area contributed by atoms with E-state index < -0.39 is 0 Å². The second-order valence-corrected chi connectivity index (χ2v) is 5.77. The SMILES string of the molecule is CCOc1ccc(C(N)Cc2ccc(C)cc2)cc1Br. The van der Waals surface area contributed by atoms with Gasteiger partial charge in [-0.2, -0.15) is 0 Å². The van der Waals surface area contributed by atoms with Crippen molar-refractivity contribution in [3.05, 3.63) is 63.6 Å². The Kier molecular flexibility index (Phi) is 5.21. The first-order valence-electron chi connectivity index (χ1n) is 6.83. The summed E-state index contributed by atoms with van der Waals surface area (Å²) in [5.74, 6) is 0.860. The number of aryl methyl sites for hydroxylation is 1. The van der Waals surface area contributed by atoms with Crippen molar-refractivity contribution in [3.63, 3.8) is 0 Å². The lowest BCUT2D eigenvalue weighted by Gasteiger charge is -2.14. The summed E-state index contributed by atoms with van der Waals surface area (Å²) in [6.07, 6.45) is 0.834. The fourth-order valence-corrected chi connectivity index (χ4v) is 2.63. The summed E-state index contributed by atoms with van der Waals surface area (Å²) in [7, 11) is 0. The number of rotatable bonds is 5. The zero-order valence-electron chi connectivity index (χ0n) is 11.9. The summed E-state index contributed by atoms with van der Waals surface area (Å²) in [5.41, 5.74) is 9.94. The zero-order valence-corrected chi connectivity index (χ0v) is 13.5. The smallest absolute Gasteiger partial charge is 0.133 e. The minimum atomic E-state index is -0.00955. The predicted molar refractivity (Wildman–Crippen MR) is 87.1 cm³/mol. The Morgan fingerprint density at radius 1 is 1.15 bits per heavy atom. The van der Waals surface area contributed by atoms with Gasteiger partial charge in [0.1, 0.15) is 5.75 Å². The molecule has 0 spiro atoms. The van der Waals surface area contributed by atoms with Crippen LogP contribution in [0.2, 0.25) is 0 Å². The van der Waals surface area contributed by atoms with Crippen LogP contribution in [-0.4, -0.2) is 6.61 Å². The normalized spacial score (nSPS) is 12.2. The standard InChI is InChI=1S/C17H20BrNO/c1-3-20-17-9-8-14(11-15(17)18)16(19)10-13-6-4-12(2)5-7-13/h4-9,11,16H,3,10,19H2,1-2H3. The maximum absolute atomic E-state index is 6.30. The summed E-state index contributed by atoms with van der Waals surface area (Å²) < 4.78 is 6.47. The van der Waals surface area contributed by atoms with E-state index in [1.807, 2.05) is 25.1 Å². The van der Waals surface area contributed by atoms with Gasteiger partial charge >= 0.3 is 0 Å². The van der Waals surface area contributed by atoms with E-state index in [9.17, 15) is 0 Å². The van der Waals surface area contributed by atoms with E-state index in [1.165, 1.54) is 11.1 Å². The Balaban J connectivity index is 2.10. The molecule has 2 nitrogen and oxygen atoms in total. The molecule has 0 aliphatic rings. The maximum Gasteiger partial charge on any atom is 0.133 e. The Morgan fingerprint density at radius 3 is 2.45 bits per heavy atom. The van der Waals surface area contributed by atoms with Crippen LogP contribution in [0.4, 0.5) is 0 Å². The van der Waals surface area contributed by atoms with Gasteiger partial charge in [0.05, 0.1) is 11.1 Å². The van der Waals surface area contributed by atoms with Gasteiger partial charge in [-0.05, 0) is 59.5 Å². The Bertz CT molecular complexity index is 566. The minimum Gasteiger partial charge on any atom is -0.493 e. The van der Waals surface area contributed by atoms with Crippen molar-refractivity contribution in [1.82, 2.24) is 0 Å². The Labute approximate surface area is 129 Å². The molecule has 2 rings (SSSR count). The van der Waals surface area contributed by atoms with Crippen LogP contribution in [0.5, 0.6) is 5.75 Å². The van der Waals surface area contributed by atoms with Crippen LogP contribution in [0.25, 0.3) is 0 Å². The molecule has 0 saturated heterocycles. The molecule has 1 unspecified atom stereocenters. The van der Waals surface area contributed by atoms with Crippen molar-refractivity contribution >= 4 is 15.9 Å². The highest BCUT2D eigenvalue weighted by molar-refractivity contribution is 9.10.